The van der Waals surface area contributed by atoms with E-state index >= 15 is 0 Å². The molecule has 0 bridgehead atoms. The van der Waals surface area contributed by atoms with Gasteiger partial charge in [-0.25, -0.2) is 4.79 Å². The molecule has 3 N–H and O–H groups in total. The van der Waals surface area contributed by atoms with Crippen LogP contribution in [0.15, 0.2) is 24.4 Å². The molecule has 0 saturated carbocycles. The number of aromatic nitrogens is 1. The van der Waals surface area contributed by atoms with Crippen LogP contribution in [0, 0.1) is 0 Å². The van der Waals surface area contributed by atoms with Crippen LogP contribution >= 0.6 is 0 Å². The first-order valence-corrected chi connectivity index (χ1v) is 6.78. The summed E-state index contributed by atoms with van der Waals surface area (Å²) in [6.07, 6.45) is -0.448. The van der Waals surface area contributed by atoms with Crippen LogP contribution in [0.4, 0.5) is 0 Å². The Hall–Kier alpha value is -2.54. The number of aliphatic hydroxyl groups is 1. The number of ether oxygens (including phenoxy) is 2. The lowest BCUT2D eigenvalue weighted by atomic mass is 10.1. The van der Waals surface area contributed by atoms with Gasteiger partial charge in [-0.2, -0.15) is 0 Å². The Kier molecular flexibility index (Phi) is 4.67. The molecule has 7 heteroatoms. The normalized spacial score (nSPS) is 13.6. The molecule has 1 heterocycles. The number of rotatable bonds is 6. The van der Waals surface area contributed by atoms with Gasteiger partial charge in [0.1, 0.15) is 5.75 Å². The van der Waals surface area contributed by atoms with E-state index in [4.69, 9.17) is 9.47 Å². The molecule has 118 valence electrons. The Bertz CT molecular complexity index is 692. The number of esters is 1. The third-order valence-corrected chi connectivity index (χ3v) is 3.10. The summed E-state index contributed by atoms with van der Waals surface area (Å²) >= 11 is 0. The van der Waals surface area contributed by atoms with Gasteiger partial charge in [-0.3, -0.25) is 4.79 Å². The van der Waals surface area contributed by atoms with Gasteiger partial charge >= 0.3 is 11.9 Å². The average Bonchev–Trinajstić information content (AvgIpc) is 2.87. The van der Waals surface area contributed by atoms with Crippen LogP contribution in [0.3, 0.4) is 0 Å². The number of aliphatic carboxylic acids is 1. The van der Waals surface area contributed by atoms with Gasteiger partial charge in [0.25, 0.3) is 0 Å². The summed E-state index contributed by atoms with van der Waals surface area (Å²) < 4.78 is 10.2. The van der Waals surface area contributed by atoms with Gasteiger partial charge in [0.05, 0.1) is 0 Å². The van der Waals surface area contributed by atoms with Crippen molar-refractivity contribution in [1.29, 1.82) is 0 Å². The number of carboxylic acids is 1. The molecule has 2 rings (SSSR count). The van der Waals surface area contributed by atoms with E-state index in [1.54, 1.807) is 25.1 Å². The average molecular weight is 307 g/mol. The van der Waals surface area contributed by atoms with Crippen molar-refractivity contribution in [1.82, 2.24) is 4.98 Å². The number of aliphatic hydroxyl groups excluding tert-OH is 1. The number of hydrogen-bond donors (Lipinski definition) is 3. The van der Waals surface area contributed by atoms with Crippen LogP contribution in [0.1, 0.15) is 31.9 Å². The van der Waals surface area contributed by atoms with Gasteiger partial charge in [0, 0.05) is 36.0 Å². The van der Waals surface area contributed by atoms with Gasteiger partial charge in [0.2, 0.25) is 6.10 Å². The highest BCUT2D eigenvalue weighted by molar-refractivity contribution is 5.90. The molecule has 7 nitrogen and oxygen atoms in total. The summed E-state index contributed by atoms with van der Waals surface area (Å²) in [5.74, 6) is -1.55. The van der Waals surface area contributed by atoms with E-state index in [2.05, 4.69) is 4.98 Å². The fraction of sp³-hybridized carbons (Fsp3) is 0.333. The van der Waals surface area contributed by atoms with Crippen LogP contribution in [0.25, 0.3) is 10.9 Å². The zero-order chi connectivity index (χ0) is 16.3. The van der Waals surface area contributed by atoms with E-state index < -0.39 is 24.3 Å². The quantitative estimate of drug-likeness (QED) is 0.556. The number of fused-ring (bicyclic) bond motifs is 1. The molecule has 2 unspecified atom stereocenters. The fourth-order valence-electron chi connectivity index (χ4n) is 2.06. The second-order valence-corrected chi connectivity index (χ2v) is 4.76. The minimum Gasteiger partial charge on any atom is -0.478 e. The summed E-state index contributed by atoms with van der Waals surface area (Å²) in [6.45, 7) is 2.92. The third-order valence-electron chi connectivity index (χ3n) is 3.10. The zero-order valence-corrected chi connectivity index (χ0v) is 12.2. The second kappa shape index (κ2) is 6.48. The first-order chi connectivity index (χ1) is 10.4. The van der Waals surface area contributed by atoms with Crippen molar-refractivity contribution >= 4 is 22.8 Å². The van der Waals surface area contributed by atoms with Gasteiger partial charge in [0.15, 0.2) is 6.29 Å². The molecule has 1 aromatic heterocycles. The van der Waals surface area contributed by atoms with Gasteiger partial charge in [-0.15, -0.1) is 0 Å². The number of H-pyrrole nitrogens is 1. The smallest absolute Gasteiger partial charge is 0.349 e. The predicted octanol–water partition coefficient (Wildman–Crippen LogP) is 1.96. The van der Waals surface area contributed by atoms with E-state index in [1.165, 1.54) is 6.20 Å². The van der Waals surface area contributed by atoms with Crippen LogP contribution in [-0.2, 0) is 14.3 Å². The molecule has 2 atom stereocenters. The second-order valence-electron chi connectivity index (χ2n) is 4.76. The monoisotopic (exact) mass is 307 g/mol. The maximum atomic E-state index is 11.3. The molecular weight excluding hydrogens is 290 g/mol. The zero-order valence-electron chi connectivity index (χ0n) is 12.2. The van der Waals surface area contributed by atoms with Crippen molar-refractivity contribution in [2.75, 3.05) is 0 Å². The lowest BCUT2D eigenvalue weighted by Crippen LogP contribution is -2.17. The summed E-state index contributed by atoms with van der Waals surface area (Å²) in [4.78, 5) is 25.3. The Morgan fingerprint density at radius 1 is 1.36 bits per heavy atom. The minimum atomic E-state index is -1.41. The van der Waals surface area contributed by atoms with Crippen molar-refractivity contribution in [3.8, 4) is 5.75 Å². The van der Waals surface area contributed by atoms with Crippen LogP contribution in [-0.4, -0.2) is 33.4 Å². The standard InChI is InChI=1S/C15H17NO6/c1-3-13(18)22-9-4-5-12-10(6-9)11(7-16-12)14(15(19)20)21-8(2)17/h4-7,13-14,16,18H,3H2,1-2H3,(H,19,20). The highest BCUT2D eigenvalue weighted by atomic mass is 16.6. The number of carboxylic acid groups (broad SMARTS) is 1. The largest absolute Gasteiger partial charge is 0.478 e. The Balaban J connectivity index is 2.42. The number of aromatic amines is 1. The number of benzene rings is 1. The number of carbonyl (C=O) groups excluding carboxylic acids is 1. The summed E-state index contributed by atoms with van der Waals surface area (Å²) in [5.41, 5.74) is 0.987. The Labute approximate surface area is 126 Å². The molecule has 0 aliphatic carbocycles. The third kappa shape index (κ3) is 3.37. The molecule has 2 aromatic rings. The van der Waals surface area contributed by atoms with Gasteiger partial charge < -0.3 is 24.7 Å². The summed E-state index contributed by atoms with van der Waals surface area (Å²) in [6, 6.07) is 4.95. The Morgan fingerprint density at radius 2 is 2.09 bits per heavy atom. The predicted molar refractivity (Wildman–Crippen MR) is 77.4 cm³/mol. The lowest BCUT2D eigenvalue weighted by molar-refractivity contribution is -0.163. The van der Waals surface area contributed by atoms with Crippen molar-refractivity contribution in [3.63, 3.8) is 0 Å². The summed E-state index contributed by atoms with van der Waals surface area (Å²) in [5, 5.41) is 19.3. The van der Waals surface area contributed by atoms with E-state index in [-0.39, 0.29) is 0 Å². The Morgan fingerprint density at radius 3 is 2.68 bits per heavy atom. The molecule has 0 fully saturated rings. The van der Waals surface area contributed by atoms with E-state index in [1.807, 2.05) is 0 Å². The lowest BCUT2D eigenvalue weighted by Gasteiger charge is -2.13. The molecular formula is C15H17NO6. The van der Waals surface area contributed by atoms with E-state index in [0.29, 0.717) is 28.6 Å². The van der Waals surface area contributed by atoms with Crippen molar-refractivity contribution in [2.24, 2.45) is 0 Å². The molecule has 22 heavy (non-hydrogen) atoms. The van der Waals surface area contributed by atoms with E-state index in [9.17, 15) is 19.8 Å². The first-order valence-electron chi connectivity index (χ1n) is 6.78. The van der Waals surface area contributed by atoms with Gasteiger partial charge in [-0.1, -0.05) is 6.92 Å². The van der Waals surface area contributed by atoms with Crippen LogP contribution in [0.5, 0.6) is 5.75 Å². The molecule has 0 aliphatic heterocycles. The number of carbonyl (C=O) groups is 2. The van der Waals surface area contributed by atoms with Crippen molar-refractivity contribution in [2.45, 2.75) is 32.7 Å². The number of nitrogens with one attached hydrogen (secondary N) is 1. The molecule has 0 saturated heterocycles. The SMILES string of the molecule is CCC(O)Oc1ccc2[nH]cc(C(OC(C)=O)C(=O)O)c2c1. The molecule has 0 spiro atoms. The summed E-state index contributed by atoms with van der Waals surface area (Å²) in [7, 11) is 0. The first kappa shape index (κ1) is 15.8. The van der Waals surface area contributed by atoms with Crippen LogP contribution in [0.2, 0.25) is 0 Å². The maximum Gasteiger partial charge on any atom is 0.349 e. The molecule has 0 radical (unpaired) electrons. The minimum absolute atomic E-state index is 0.314. The topological polar surface area (TPSA) is 109 Å². The van der Waals surface area contributed by atoms with E-state index in [0.717, 1.165) is 6.92 Å². The fourth-order valence-corrected chi connectivity index (χ4v) is 2.06. The maximum absolute atomic E-state index is 11.3. The van der Waals surface area contributed by atoms with Crippen LogP contribution < -0.4 is 4.74 Å². The molecule has 0 aliphatic rings. The van der Waals surface area contributed by atoms with Gasteiger partial charge in [-0.05, 0) is 18.2 Å². The highest BCUT2D eigenvalue weighted by Crippen LogP contribution is 2.30. The molecule has 1 aromatic carbocycles. The highest BCUT2D eigenvalue weighted by Gasteiger charge is 2.26. The van der Waals surface area contributed by atoms with Crippen molar-refractivity contribution < 1.29 is 29.3 Å². The molecule has 0 amide bonds. The number of hydrogen-bond acceptors (Lipinski definition) is 5. The van der Waals surface area contributed by atoms with Crippen molar-refractivity contribution in [3.05, 3.63) is 30.0 Å².